The van der Waals surface area contributed by atoms with E-state index in [0.717, 1.165) is 22.3 Å². The van der Waals surface area contributed by atoms with Crippen LogP contribution in [0.5, 0.6) is 28.7 Å². The van der Waals surface area contributed by atoms with Crippen molar-refractivity contribution in [3.05, 3.63) is 71.0 Å². The van der Waals surface area contributed by atoms with E-state index < -0.39 is 11.8 Å². The summed E-state index contributed by atoms with van der Waals surface area (Å²) in [7, 11) is 2.91. The number of nitrogens with one attached hydrogen (secondary N) is 1. The maximum absolute atomic E-state index is 13.3. The molecule has 6 rings (SSSR count). The van der Waals surface area contributed by atoms with E-state index in [1.165, 1.54) is 14.2 Å². The highest BCUT2D eigenvalue weighted by Gasteiger charge is 2.52. The number of amides is 1. The molecule has 2 aliphatic heterocycles. The molecule has 3 heterocycles. The van der Waals surface area contributed by atoms with Crippen molar-refractivity contribution in [3.63, 3.8) is 0 Å². The van der Waals surface area contributed by atoms with Crippen molar-refractivity contribution in [2.75, 3.05) is 27.6 Å². The van der Waals surface area contributed by atoms with Gasteiger partial charge < -0.3 is 34.1 Å². The average Bonchev–Trinajstić information content (AvgIpc) is 3.58. The van der Waals surface area contributed by atoms with E-state index in [4.69, 9.17) is 23.7 Å². The summed E-state index contributed by atoms with van der Waals surface area (Å²) in [6, 6.07) is 10.9. The summed E-state index contributed by atoms with van der Waals surface area (Å²) < 4.78 is 27.8. The number of pyridine rings is 1. The van der Waals surface area contributed by atoms with Crippen LogP contribution in [0.1, 0.15) is 40.5 Å². The van der Waals surface area contributed by atoms with E-state index >= 15 is 0 Å². The van der Waals surface area contributed by atoms with Gasteiger partial charge in [0.05, 0.1) is 26.7 Å². The third-order valence-corrected chi connectivity index (χ3v) is 7.85. The Labute approximate surface area is 237 Å². The Kier molecular flexibility index (Phi) is 7.62. The minimum absolute atomic E-state index is 0. The van der Waals surface area contributed by atoms with Crippen LogP contribution >= 0.6 is 12.4 Å². The zero-order valence-electron chi connectivity index (χ0n) is 21.9. The first kappa shape index (κ1) is 27.4. The fourth-order valence-corrected chi connectivity index (χ4v) is 6.01. The quantitative estimate of drug-likeness (QED) is 0.410. The third kappa shape index (κ3) is 4.72. The number of nitrogens with zero attached hydrogens (tertiary/aromatic N) is 1. The molecule has 2 N–H and O–H groups in total. The monoisotopic (exact) mass is 568 g/mol. The molecule has 1 unspecified atom stereocenters. The van der Waals surface area contributed by atoms with Gasteiger partial charge in [-0.25, -0.2) is 0 Å². The Morgan fingerprint density at radius 2 is 1.68 bits per heavy atom. The molecule has 10 nitrogen and oxygen atoms in total. The van der Waals surface area contributed by atoms with Gasteiger partial charge in [0, 0.05) is 37.2 Å². The molecule has 0 bridgehead atoms. The molecule has 1 amide bonds. The molecule has 4 atom stereocenters. The number of carbonyl (C=O) groups is 2. The summed E-state index contributed by atoms with van der Waals surface area (Å²) in [5.41, 5.74) is 3.39. The summed E-state index contributed by atoms with van der Waals surface area (Å²) in [6.45, 7) is 0.666. The van der Waals surface area contributed by atoms with Gasteiger partial charge in [0.25, 0.3) is 0 Å². The molecular weight excluding hydrogens is 540 g/mol. The number of cyclic esters (lactones) is 1. The molecular formula is C29H29ClN2O8. The van der Waals surface area contributed by atoms with Crippen LogP contribution in [0.25, 0.3) is 0 Å². The standard InChI is InChI=1S/C29H28N2O8.ClH/c1-35-23-7-16(8-24(36-2)28(23)33)26-19-10-22-21(38-14-39-22)9-17(19)18(20-13-37-29(34)27(20)26)11-25(32)31-12-15-3-5-30-6-4-15;/h3-10,18,20,26-27,33H,11-14H2,1-2H3,(H,31,32);1H/t18-,20?,26-,27+;/m1./s1. The molecule has 3 aromatic rings. The van der Waals surface area contributed by atoms with Crippen molar-refractivity contribution in [1.82, 2.24) is 10.3 Å². The van der Waals surface area contributed by atoms with E-state index in [1.807, 2.05) is 24.3 Å². The molecule has 1 fully saturated rings. The molecule has 0 radical (unpaired) electrons. The zero-order chi connectivity index (χ0) is 27.1. The van der Waals surface area contributed by atoms with Gasteiger partial charge in [-0.05, 0) is 64.6 Å². The molecule has 1 saturated heterocycles. The van der Waals surface area contributed by atoms with Crippen molar-refractivity contribution in [2.24, 2.45) is 11.8 Å². The van der Waals surface area contributed by atoms with Gasteiger partial charge in [0.1, 0.15) is 0 Å². The number of aromatic hydroxyl groups is 1. The van der Waals surface area contributed by atoms with Crippen molar-refractivity contribution in [1.29, 1.82) is 0 Å². The second-order valence-corrected chi connectivity index (χ2v) is 9.85. The predicted octanol–water partition coefficient (Wildman–Crippen LogP) is 3.68. The normalized spacial score (nSPS) is 21.9. The van der Waals surface area contributed by atoms with E-state index in [0.29, 0.717) is 18.0 Å². The Hall–Kier alpha value is -4.18. The number of halogens is 1. The maximum Gasteiger partial charge on any atom is 0.310 e. The molecule has 40 heavy (non-hydrogen) atoms. The lowest BCUT2D eigenvalue weighted by atomic mass is 9.62. The van der Waals surface area contributed by atoms with Crippen LogP contribution in [0.3, 0.4) is 0 Å². The average molecular weight is 569 g/mol. The van der Waals surface area contributed by atoms with Crippen LogP contribution in [0.2, 0.25) is 0 Å². The van der Waals surface area contributed by atoms with Gasteiger partial charge in [-0.2, -0.15) is 0 Å². The van der Waals surface area contributed by atoms with Crippen LogP contribution < -0.4 is 24.3 Å². The van der Waals surface area contributed by atoms with Crippen LogP contribution in [0.4, 0.5) is 0 Å². The van der Waals surface area contributed by atoms with Gasteiger partial charge in [-0.3, -0.25) is 14.6 Å². The Morgan fingerprint density at radius 1 is 1.02 bits per heavy atom. The predicted molar refractivity (Wildman–Crippen MR) is 144 cm³/mol. The second-order valence-electron chi connectivity index (χ2n) is 9.85. The molecule has 1 aromatic heterocycles. The minimum Gasteiger partial charge on any atom is -0.502 e. The molecule has 2 aromatic carbocycles. The number of rotatable bonds is 7. The number of fused-ring (bicyclic) bond motifs is 3. The molecule has 11 heteroatoms. The number of phenolic OH excluding ortho intramolecular Hbond substituents is 1. The largest absolute Gasteiger partial charge is 0.502 e. The number of aromatic nitrogens is 1. The van der Waals surface area contributed by atoms with Crippen molar-refractivity contribution >= 4 is 24.3 Å². The number of phenols is 1. The van der Waals surface area contributed by atoms with Crippen LogP contribution in [0, 0.1) is 11.8 Å². The van der Waals surface area contributed by atoms with Crippen molar-refractivity contribution in [2.45, 2.75) is 24.8 Å². The summed E-state index contributed by atoms with van der Waals surface area (Å²) >= 11 is 0. The fourth-order valence-electron chi connectivity index (χ4n) is 6.01. The smallest absolute Gasteiger partial charge is 0.310 e. The lowest BCUT2D eigenvalue weighted by Gasteiger charge is -2.39. The van der Waals surface area contributed by atoms with Crippen LogP contribution in [-0.4, -0.2) is 49.6 Å². The van der Waals surface area contributed by atoms with Gasteiger partial charge in [-0.1, -0.05) is 0 Å². The number of methoxy groups -OCH3 is 2. The SMILES string of the molecule is COc1cc([C@@H]2c3cc4c(cc3[C@@H](CC(=O)NCc3ccncc3)C3COC(=O)[C@@H]32)OCO4)cc(OC)c1O.Cl. The Morgan fingerprint density at radius 3 is 2.33 bits per heavy atom. The minimum atomic E-state index is -0.560. The molecule has 3 aliphatic rings. The molecule has 0 spiro atoms. The first-order valence-corrected chi connectivity index (χ1v) is 12.7. The lowest BCUT2D eigenvalue weighted by molar-refractivity contribution is -0.141. The second kappa shape index (κ2) is 11.1. The lowest BCUT2D eigenvalue weighted by Crippen LogP contribution is -2.37. The number of hydrogen-bond donors (Lipinski definition) is 2. The summed E-state index contributed by atoms with van der Waals surface area (Å²) in [4.78, 5) is 30.5. The van der Waals surface area contributed by atoms with Crippen LogP contribution in [-0.2, 0) is 20.9 Å². The highest BCUT2D eigenvalue weighted by Crippen LogP contribution is 2.56. The number of carbonyl (C=O) groups excluding carboxylic acids is 2. The topological polar surface area (TPSA) is 125 Å². The highest BCUT2D eigenvalue weighted by atomic mass is 35.5. The molecule has 1 aliphatic carbocycles. The van der Waals surface area contributed by atoms with Gasteiger partial charge in [-0.15, -0.1) is 12.4 Å². The van der Waals surface area contributed by atoms with E-state index in [-0.39, 0.29) is 73.2 Å². The molecule has 0 saturated carbocycles. The maximum atomic E-state index is 13.3. The summed E-state index contributed by atoms with van der Waals surface area (Å²) in [5, 5.41) is 13.5. The Balaban J connectivity index is 0.00000323. The summed E-state index contributed by atoms with van der Waals surface area (Å²) in [6.07, 6.45) is 3.53. The third-order valence-electron chi connectivity index (χ3n) is 7.85. The van der Waals surface area contributed by atoms with Gasteiger partial charge in [0.2, 0.25) is 18.4 Å². The molecule has 210 valence electrons. The summed E-state index contributed by atoms with van der Waals surface area (Å²) in [5.74, 6) is -0.524. The van der Waals surface area contributed by atoms with E-state index in [1.54, 1.807) is 24.5 Å². The number of hydrogen-bond acceptors (Lipinski definition) is 9. The first-order valence-electron chi connectivity index (χ1n) is 12.7. The number of ether oxygens (including phenoxy) is 5. The fraction of sp³-hybridized carbons (Fsp3) is 0.345. The number of esters is 1. The zero-order valence-corrected chi connectivity index (χ0v) is 22.7. The van der Waals surface area contributed by atoms with Gasteiger partial charge in [0.15, 0.2) is 23.0 Å². The highest BCUT2D eigenvalue weighted by molar-refractivity contribution is 5.85. The Bertz CT molecular complexity index is 1410. The van der Waals surface area contributed by atoms with Crippen LogP contribution in [0.15, 0.2) is 48.8 Å². The van der Waals surface area contributed by atoms with E-state index in [2.05, 4.69) is 10.3 Å². The number of benzene rings is 2. The van der Waals surface area contributed by atoms with Crippen molar-refractivity contribution < 1.29 is 38.4 Å². The van der Waals surface area contributed by atoms with E-state index in [9.17, 15) is 14.7 Å². The van der Waals surface area contributed by atoms with Gasteiger partial charge >= 0.3 is 5.97 Å². The first-order chi connectivity index (χ1) is 19.0. The van der Waals surface area contributed by atoms with Crippen molar-refractivity contribution in [3.8, 4) is 28.7 Å².